The van der Waals surface area contributed by atoms with E-state index < -0.39 is 23.2 Å². The van der Waals surface area contributed by atoms with Gasteiger partial charge in [-0.2, -0.15) is 13.2 Å². The number of hydrogen-bond donors (Lipinski definition) is 1. The van der Waals surface area contributed by atoms with Crippen LogP contribution in [0.1, 0.15) is 25.5 Å². The van der Waals surface area contributed by atoms with Gasteiger partial charge in [0, 0.05) is 5.75 Å². The predicted octanol–water partition coefficient (Wildman–Crippen LogP) is 3.20. The Morgan fingerprint density at radius 2 is 1.78 bits per heavy atom. The van der Waals surface area contributed by atoms with E-state index >= 15 is 0 Å². The Bertz CT molecular complexity index is 392. The standard InChI is InChI=1S/C12H16F3NOS/c1-9(2)8-18(17)16-11(12(13,14)15)10-6-4-3-5-7-10/h3-7,9,11,16H,8H2,1-2H3. The van der Waals surface area contributed by atoms with Crippen LogP contribution in [0.4, 0.5) is 13.2 Å². The molecule has 0 aromatic heterocycles. The van der Waals surface area contributed by atoms with Crippen molar-refractivity contribution in [2.45, 2.75) is 26.1 Å². The molecule has 0 spiro atoms. The Morgan fingerprint density at radius 3 is 2.22 bits per heavy atom. The van der Waals surface area contributed by atoms with Crippen LogP contribution in [0.3, 0.4) is 0 Å². The normalized spacial score (nSPS) is 15.7. The number of halogens is 3. The van der Waals surface area contributed by atoms with Crippen LogP contribution in [0.25, 0.3) is 0 Å². The molecule has 0 bridgehead atoms. The number of hydrogen-bond acceptors (Lipinski definition) is 1. The summed E-state index contributed by atoms with van der Waals surface area (Å²) in [6.07, 6.45) is -4.46. The molecular formula is C12H16F3NOS. The molecule has 6 heteroatoms. The quantitative estimate of drug-likeness (QED) is 0.881. The second-order valence-corrected chi connectivity index (χ2v) is 5.67. The van der Waals surface area contributed by atoms with Gasteiger partial charge in [-0.25, -0.2) is 8.93 Å². The first kappa shape index (κ1) is 15.2. The number of benzene rings is 1. The molecule has 102 valence electrons. The molecule has 0 radical (unpaired) electrons. The molecule has 0 aliphatic carbocycles. The molecule has 2 atom stereocenters. The maximum atomic E-state index is 12.9. The fourth-order valence-electron chi connectivity index (χ4n) is 1.45. The summed E-state index contributed by atoms with van der Waals surface area (Å²) in [4.78, 5) is 0. The van der Waals surface area contributed by atoms with Gasteiger partial charge >= 0.3 is 6.18 Å². The summed E-state index contributed by atoms with van der Waals surface area (Å²) < 4.78 is 52.5. The maximum Gasteiger partial charge on any atom is 0.408 e. The van der Waals surface area contributed by atoms with E-state index in [9.17, 15) is 17.4 Å². The Kier molecular flexibility index (Phi) is 5.34. The van der Waals surface area contributed by atoms with Gasteiger partial charge in [-0.15, -0.1) is 0 Å². The fraction of sp³-hybridized carbons (Fsp3) is 0.500. The van der Waals surface area contributed by atoms with E-state index in [4.69, 9.17) is 0 Å². The second-order valence-electron chi connectivity index (χ2n) is 4.41. The Morgan fingerprint density at radius 1 is 1.22 bits per heavy atom. The number of nitrogens with one attached hydrogen (secondary N) is 1. The van der Waals surface area contributed by atoms with Crippen LogP contribution < -0.4 is 4.72 Å². The van der Waals surface area contributed by atoms with Crippen LogP contribution in [0.5, 0.6) is 0 Å². The molecule has 1 N–H and O–H groups in total. The zero-order chi connectivity index (χ0) is 13.8. The van der Waals surface area contributed by atoms with Gasteiger partial charge in [0.05, 0.1) is 11.0 Å². The monoisotopic (exact) mass is 279 g/mol. The van der Waals surface area contributed by atoms with Gasteiger partial charge < -0.3 is 0 Å². The van der Waals surface area contributed by atoms with Crippen LogP contribution in [0, 0.1) is 5.92 Å². The van der Waals surface area contributed by atoms with E-state index in [1.54, 1.807) is 6.07 Å². The van der Waals surface area contributed by atoms with Crippen molar-refractivity contribution in [3.05, 3.63) is 35.9 Å². The van der Waals surface area contributed by atoms with E-state index in [1.807, 2.05) is 13.8 Å². The second kappa shape index (κ2) is 6.33. The van der Waals surface area contributed by atoms with Gasteiger partial charge in [-0.3, -0.25) is 0 Å². The van der Waals surface area contributed by atoms with Gasteiger partial charge in [-0.1, -0.05) is 44.2 Å². The van der Waals surface area contributed by atoms with Crippen molar-refractivity contribution in [2.75, 3.05) is 5.75 Å². The van der Waals surface area contributed by atoms with Gasteiger partial charge in [0.2, 0.25) is 0 Å². The van der Waals surface area contributed by atoms with Crippen LogP contribution in [-0.2, 0) is 11.0 Å². The van der Waals surface area contributed by atoms with Gasteiger partial charge in [-0.05, 0) is 11.5 Å². The van der Waals surface area contributed by atoms with E-state index in [-0.39, 0.29) is 17.2 Å². The highest BCUT2D eigenvalue weighted by Gasteiger charge is 2.41. The molecule has 1 rings (SSSR count). The lowest BCUT2D eigenvalue weighted by molar-refractivity contribution is -0.152. The smallest absolute Gasteiger partial charge is 0.243 e. The Balaban J connectivity index is 2.85. The molecule has 0 heterocycles. The highest BCUT2D eigenvalue weighted by molar-refractivity contribution is 7.83. The van der Waals surface area contributed by atoms with Crippen molar-refractivity contribution in [1.82, 2.24) is 4.72 Å². The number of alkyl halides is 3. The van der Waals surface area contributed by atoms with E-state index in [1.165, 1.54) is 24.3 Å². The topological polar surface area (TPSA) is 29.1 Å². The van der Waals surface area contributed by atoms with Crippen LogP contribution in [0.2, 0.25) is 0 Å². The molecular weight excluding hydrogens is 263 g/mol. The summed E-state index contributed by atoms with van der Waals surface area (Å²) in [7, 11) is -1.70. The molecule has 1 aromatic rings. The predicted molar refractivity (Wildman–Crippen MR) is 66.2 cm³/mol. The zero-order valence-corrected chi connectivity index (χ0v) is 11.0. The zero-order valence-electron chi connectivity index (χ0n) is 10.2. The van der Waals surface area contributed by atoms with Crippen molar-refractivity contribution >= 4 is 11.0 Å². The summed E-state index contributed by atoms with van der Waals surface area (Å²) in [5, 5.41) is 0. The van der Waals surface area contributed by atoms with Crippen molar-refractivity contribution in [1.29, 1.82) is 0 Å². The molecule has 18 heavy (non-hydrogen) atoms. The van der Waals surface area contributed by atoms with Crippen LogP contribution in [0.15, 0.2) is 30.3 Å². The summed E-state index contributed by atoms with van der Waals surface area (Å²) in [5.74, 6) is 0.266. The molecule has 2 nitrogen and oxygen atoms in total. The van der Waals surface area contributed by atoms with Crippen LogP contribution in [-0.4, -0.2) is 16.1 Å². The van der Waals surface area contributed by atoms with E-state index in [2.05, 4.69) is 4.72 Å². The minimum absolute atomic E-state index is 0.0714. The largest absolute Gasteiger partial charge is 0.408 e. The first-order chi connectivity index (χ1) is 8.30. The molecule has 1 aromatic carbocycles. The summed E-state index contributed by atoms with van der Waals surface area (Å²) in [6.45, 7) is 3.62. The van der Waals surface area contributed by atoms with Gasteiger partial charge in [0.25, 0.3) is 0 Å². The van der Waals surface area contributed by atoms with Gasteiger partial charge in [0.15, 0.2) is 0 Å². The molecule has 0 saturated carbocycles. The average Bonchev–Trinajstić information content (AvgIpc) is 2.24. The molecule has 2 unspecified atom stereocenters. The molecule has 0 saturated heterocycles. The Labute approximate surface area is 107 Å². The van der Waals surface area contributed by atoms with Crippen molar-refractivity contribution in [2.24, 2.45) is 5.92 Å². The summed E-state index contributed by atoms with van der Waals surface area (Å²) >= 11 is 0. The Hall–Kier alpha value is -0.880. The van der Waals surface area contributed by atoms with E-state index in [0.717, 1.165) is 0 Å². The highest BCUT2D eigenvalue weighted by Crippen LogP contribution is 2.32. The minimum atomic E-state index is -4.46. The molecule has 0 aliphatic heterocycles. The molecule has 0 fully saturated rings. The third kappa shape index (κ3) is 4.78. The van der Waals surface area contributed by atoms with Crippen molar-refractivity contribution in [3.8, 4) is 0 Å². The van der Waals surface area contributed by atoms with Crippen molar-refractivity contribution < 1.29 is 17.4 Å². The first-order valence-corrected chi connectivity index (χ1v) is 6.89. The summed E-state index contributed by atoms with van der Waals surface area (Å²) in [5.41, 5.74) is 0.0714. The molecule has 0 amide bonds. The van der Waals surface area contributed by atoms with Gasteiger partial charge in [0.1, 0.15) is 6.04 Å². The fourth-order valence-corrected chi connectivity index (χ4v) is 2.69. The average molecular weight is 279 g/mol. The summed E-state index contributed by atoms with van der Waals surface area (Å²) in [6, 6.07) is 5.55. The van der Waals surface area contributed by atoms with Crippen LogP contribution >= 0.6 is 0 Å². The lowest BCUT2D eigenvalue weighted by Crippen LogP contribution is -2.36. The minimum Gasteiger partial charge on any atom is -0.243 e. The highest BCUT2D eigenvalue weighted by atomic mass is 32.2. The lowest BCUT2D eigenvalue weighted by atomic mass is 10.1. The third-order valence-corrected chi connectivity index (χ3v) is 3.66. The molecule has 0 aliphatic rings. The SMILES string of the molecule is CC(C)CS(=O)NC(c1ccccc1)C(F)(F)F. The lowest BCUT2D eigenvalue weighted by Gasteiger charge is -2.21. The first-order valence-electron chi connectivity index (χ1n) is 5.57. The maximum absolute atomic E-state index is 12.9. The van der Waals surface area contributed by atoms with Crippen molar-refractivity contribution in [3.63, 3.8) is 0 Å². The third-order valence-electron chi connectivity index (χ3n) is 2.19. The van der Waals surface area contributed by atoms with E-state index in [0.29, 0.717) is 0 Å². The number of rotatable bonds is 5.